The van der Waals surface area contributed by atoms with Gasteiger partial charge < -0.3 is 19.9 Å². The maximum absolute atomic E-state index is 12.4. The third-order valence-corrected chi connectivity index (χ3v) is 5.46. The Kier molecular flexibility index (Phi) is 7.46. The Bertz CT molecular complexity index is 696. The molecule has 0 spiro atoms. The van der Waals surface area contributed by atoms with Crippen molar-refractivity contribution in [2.75, 3.05) is 45.9 Å². The summed E-state index contributed by atoms with van der Waals surface area (Å²) < 4.78 is 4.97. The smallest absolute Gasteiger partial charge is 0.409 e. The van der Waals surface area contributed by atoms with Gasteiger partial charge in [0.05, 0.1) is 6.61 Å². The lowest BCUT2D eigenvalue weighted by Gasteiger charge is -2.35. The molecule has 158 valence electrons. The molecular formula is C21H30N4O4. The Morgan fingerprint density at radius 2 is 1.59 bits per heavy atom. The first-order valence-corrected chi connectivity index (χ1v) is 10.3. The molecule has 0 aliphatic carbocycles. The van der Waals surface area contributed by atoms with Gasteiger partial charge >= 0.3 is 17.9 Å². The summed E-state index contributed by atoms with van der Waals surface area (Å²) in [5, 5.41) is 2.89. The zero-order valence-electron chi connectivity index (χ0n) is 17.0. The fourth-order valence-corrected chi connectivity index (χ4v) is 3.77. The van der Waals surface area contributed by atoms with Crippen molar-refractivity contribution in [1.29, 1.82) is 0 Å². The second-order valence-corrected chi connectivity index (χ2v) is 7.49. The lowest BCUT2D eigenvalue weighted by atomic mass is 10.0. The van der Waals surface area contributed by atoms with Gasteiger partial charge in [-0.3, -0.25) is 14.5 Å². The molecule has 2 fully saturated rings. The lowest BCUT2D eigenvalue weighted by Crippen LogP contribution is -2.55. The Balaban J connectivity index is 1.38. The van der Waals surface area contributed by atoms with Crippen molar-refractivity contribution in [2.45, 2.75) is 32.4 Å². The molecular weight excluding hydrogens is 372 g/mol. The molecule has 3 rings (SSSR count). The Morgan fingerprint density at radius 1 is 0.966 bits per heavy atom. The van der Waals surface area contributed by atoms with Crippen LogP contribution in [0.2, 0.25) is 0 Å². The summed E-state index contributed by atoms with van der Waals surface area (Å²) in [6, 6.07) is 10.4. The molecule has 29 heavy (non-hydrogen) atoms. The molecule has 2 aliphatic heterocycles. The van der Waals surface area contributed by atoms with E-state index in [-0.39, 0.29) is 12.1 Å². The van der Waals surface area contributed by atoms with Crippen molar-refractivity contribution in [3.8, 4) is 0 Å². The van der Waals surface area contributed by atoms with Gasteiger partial charge in [0.15, 0.2) is 0 Å². The van der Waals surface area contributed by atoms with E-state index >= 15 is 0 Å². The lowest BCUT2D eigenvalue weighted by molar-refractivity contribution is -0.147. The van der Waals surface area contributed by atoms with Crippen LogP contribution in [0.15, 0.2) is 30.3 Å². The van der Waals surface area contributed by atoms with E-state index in [1.54, 1.807) is 11.8 Å². The molecule has 3 amide bonds. The Labute approximate surface area is 171 Å². The van der Waals surface area contributed by atoms with E-state index in [1.165, 1.54) is 10.5 Å². The minimum atomic E-state index is -0.545. The van der Waals surface area contributed by atoms with E-state index in [0.717, 1.165) is 32.5 Å². The quantitative estimate of drug-likeness (QED) is 0.762. The number of nitrogens with zero attached hydrogens (tertiary/aromatic N) is 3. The van der Waals surface area contributed by atoms with E-state index in [4.69, 9.17) is 4.74 Å². The number of piperidine rings is 1. The highest BCUT2D eigenvalue weighted by Gasteiger charge is 2.30. The van der Waals surface area contributed by atoms with Crippen molar-refractivity contribution >= 4 is 17.9 Å². The SMILES string of the molecule is CCOC(=O)N1CCN(C(=O)C(=O)NC2CCN(Cc3ccccc3)CC2)CC1. The van der Waals surface area contributed by atoms with E-state index in [1.807, 2.05) is 18.2 Å². The normalized spacial score (nSPS) is 18.4. The van der Waals surface area contributed by atoms with Crippen LogP contribution < -0.4 is 5.32 Å². The molecule has 0 atom stereocenters. The number of carbonyl (C=O) groups excluding carboxylic acids is 3. The average Bonchev–Trinajstić information content (AvgIpc) is 2.75. The van der Waals surface area contributed by atoms with Crippen molar-refractivity contribution < 1.29 is 19.1 Å². The number of amides is 3. The summed E-state index contributed by atoms with van der Waals surface area (Å²) >= 11 is 0. The molecule has 0 unspecified atom stereocenters. The molecule has 0 saturated carbocycles. The molecule has 1 aromatic carbocycles. The van der Waals surface area contributed by atoms with Gasteiger partial charge in [0.1, 0.15) is 0 Å². The summed E-state index contributed by atoms with van der Waals surface area (Å²) in [6.07, 6.45) is 1.30. The van der Waals surface area contributed by atoms with Gasteiger partial charge in [-0.2, -0.15) is 0 Å². The molecule has 0 bridgehead atoms. The van der Waals surface area contributed by atoms with Crippen LogP contribution in [-0.4, -0.2) is 84.5 Å². The Morgan fingerprint density at radius 3 is 2.21 bits per heavy atom. The predicted octanol–water partition coefficient (Wildman–Crippen LogP) is 1.07. The number of hydrogen-bond acceptors (Lipinski definition) is 5. The number of piperazine rings is 1. The van der Waals surface area contributed by atoms with Crippen molar-refractivity contribution in [3.05, 3.63) is 35.9 Å². The third-order valence-electron chi connectivity index (χ3n) is 5.46. The molecule has 2 heterocycles. The first kappa shape index (κ1) is 21.1. The number of likely N-dealkylation sites (tertiary alicyclic amines) is 1. The number of rotatable bonds is 4. The summed E-state index contributed by atoms with van der Waals surface area (Å²) in [5.74, 6) is -1.06. The van der Waals surface area contributed by atoms with Crippen LogP contribution in [-0.2, 0) is 20.9 Å². The fraction of sp³-hybridized carbons (Fsp3) is 0.571. The second-order valence-electron chi connectivity index (χ2n) is 7.49. The zero-order chi connectivity index (χ0) is 20.6. The Hall–Kier alpha value is -2.61. The molecule has 2 saturated heterocycles. The monoisotopic (exact) mass is 402 g/mol. The van der Waals surface area contributed by atoms with Crippen LogP contribution in [0.3, 0.4) is 0 Å². The summed E-state index contributed by atoms with van der Waals surface area (Å²) in [7, 11) is 0. The van der Waals surface area contributed by atoms with Crippen LogP contribution in [0.25, 0.3) is 0 Å². The van der Waals surface area contributed by atoms with Gasteiger partial charge in [-0.25, -0.2) is 4.79 Å². The highest BCUT2D eigenvalue weighted by Crippen LogP contribution is 2.14. The minimum Gasteiger partial charge on any atom is -0.450 e. The largest absolute Gasteiger partial charge is 0.450 e. The van der Waals surface area contributed by atoms with Crippen LogP contribution >= 0.6 is 0 Å². The van der Waals surface area contributed by atoms with Crippen LogP contribution in [0.1, 0.15) is 25.3 Å². The standard InChI is InChI=1S/C21H30N4O4/c1-2-29-21(28)25-14-12-24(13-15-25)20(27)19(26)22-18-8-10-23(11-9-18)16-17-6-4-3-5-7-17/h3-7,18H,2,8-16H2,1H3,(H,22,26). The van der Waals surface area contributed by atoms with Gasteiger partial charge in [0, 0.05) is 51.9 Å². The van der Waals surface area contributed by atoms with Crippen molar-refractivity contribution in [1.82, 2.24) is 20.0 Å². The topological polar surface area (TPSA) is 82.2 Å². The van der Waals surface area contributed by atoms with Gasteiger partial charge in [0.25, 0.3) is 0 Å². The van der Waals surface area contributed by atoms with Crippen molar-refractivity contribution in [2.24, 2.45) is 0 Å². The van der Waals surface area contributed by atoms with Gasteiger partial charge in [-0.1, -0.05) is 30.3 Å². The number of ether oxygens (including phenoxy) is 1. The van der Waals surface area contributed by atoms with E-state index < -0.39 is 11.8 Å². The minimum absolute atomic E-state index is 0.0271. The van der Waals surface area contributed by atoms with E-state index in [2.05, 4.69) is 22.3 Å². The first-order chi connectivity index (χ1) is 14.1. The second kappa shape index (κ2) is 10.2. The van der Waals surface area contributed by atoms with Crippen LogP contribution in [0.5, 0.6) is 0 Å². The summed E-state index contributed by atoms with van der Waals surface area (Å²) in [5.41, 5.74) is 1.28. The van der Waals surface area contributed by atoms with Crippen LogP contribution in [0, 0.1) is 0 Å². The van der Waals surface area contributed by atoms with E-state index in [9.17, 15) is 14.4 Å². The van der Waals surface area contributed by atoms with Gasteiger partial charge in [0.2, 0.25) is 0 Å². The third kappa shape index (κ3) is 5.93. The summed E-state index contributed by atoms with van der Waals surface area (Å²) in [6.45, 7) is 6.25. The zero-order valence-corrected chi connectivity index (χ0v) is 17.0. The first-order valence-electron chi connectivity index (χ1n) is 10.3. The maximum atomic E-state index is 12.4. The maximum Gasteiger partial charge on any atom is 0.409 e. The highest BCUT2D eigenvalue weighted by atomic mass is 16.6. The molecule has 1 aromatic rings. The van der Waals surface area contributed by atoms with E-state index in [0.29, 0.717) is 32.8 Å². The summed E-state index contributed by atoms with van der Waals surface area (Å²) in [4.78, 5) is 42.0. The number of hydrogen-bond donors (Lipinski definition) is 1. The molecule has 0 aromatic heterocycles. The average molecular weight is 402 g/mol. The fourth-order valence-electron chi connectivity index (χ4n) is 3.77. The van der Waals surface area contributed by atoms with Crippen molar-refractivity contribution in [3.63, 3.8) is 0 Å². The molecule has 0 radical (unpaired) electrons. The number of nitrogens with one attached hydrogen (secondary N) is 1. The predicted molar refractivity (Wildman–Crippen MR) is 108 cm³/mol. The number of benzene rings is 1. The molecule has 8 nitrogen and oxygen atoms in total. The molecule has 2 aliphatic rings. The molecule has 8 heteroatoms. The van der Waals surface area contributed by atoms with Gasteiger partial charge in [-0.15, -0.1) is 0 Å². The molecule has 1 N–H and O–H groups in total. The van der Waals surface area contributed by atoms with Gasteiger partial charge in [-0.05, 0) is 25.3 Å². The highest BCUT2D eigenvalue weighted by molar-refractivity contribution is 6.35. The van der Waals surface area contributed by atoms with Crippen LogP contribution in [0.4, 0.5) is 4.79 Å². The number of carbonyl (C=O) groups is 3.